The summed E-state index contributed by atoms with van der Waals surface area (Å²) < 4.78 is 0. The van der Waals surface area contributed by atoms with E-state index in [0.29, 0.717) is 5.56 Å². The van der Waals surface area contributed by atoms with Gasteiger partial charge in [0, 0.05) is 11.1 Å². The lowest BCUT2D eigenvalue weighted by Gasteiger charge is -2.30. The van der Waals surface area contributed by atoms with Crippen LogP contribution >= 0.6 is 0 Å². The number of benzene rings is 2. The van der Waals surface area contributed by atoms with Crippen LogP contribution in [0.5, 0.6) is 11.5 Å². The van der Waals surface area contributed by atoms with Gasteiger partial charge in [-0.2, -0.15) is 0 Å². The van der Waals surface area contributed by atoms with Crippen molar-refractivity contribution in [3.63, 3.8) is 0 Å². The summed E-state index contributed by atoms with van der Waals surface area (Å²) >= 11 is 0. The van der Waals surface area contributed by atoms with Crippen LogP contribution in [-0.2, 0) is 0 Å². The maximum Gasteiger partial charge on any atom is 0.198 e. The van der Waals surface area contributed by atoms with Crippen LogP contribution in [0.1, 0.15) is 107 Å². The lowest BCUT2D eigenvalue weighted by molar-refractivity contribution is 0.0974. The predicted octanol–water partition coefficient (Wildman–Crippen LogP) is 6.04. The molecule has 4 heteroatoms. The Labute approximate surface area is 177 Å². The Morgan fingerprint density at radius 2 is 1.43 bits per heavy atom. The zero-order valence-electron chi connectivity index (χ0n) is 17.8. The van der Waals surface area contributed by atoms with Gasteiger partial charge in [0.15, 0.2) is 11.6 Å². The molecular formula is C26H30O4. The van der Waals surface area contributed by atoms with Crippen molar-refractivity contribution in [2.75, 3.05) is 0 Å². The molecule has 0 amide bonds. The molecule has 0 radical (unpaired) electrons. The molecule has 1 fully saturated rings. The number of carbonyl (C=O) groups excluding carboxylic acids is 2. The number of aryl methyl sites for hydroxylation is 1. The lowest BCUT2D eigenvalue weighted by atomic mass is 9.74. The summed E-state index contributed by atoms with van der Waals surface area (Å²) in [5.41, 5.74) is 1.83. The van der Waals surface area contributed by atoms with E-state index in [9.17, 15) is 19.8 Å². The van der Waals surface area contributed by atoms with Crippen LogP contribution in [0.15, 0.2) is 24.3 Å². The van der Waals surface area contributed by atoms with Crippen LogP contribution < -0.4 is 0 Å². The first-order valence-electron chi connectivity index (χ1n) is 11.2. The van der Waals surface area contributed by atoms with E-state index in [1.165, 1.54) is 25.7 Å². The molecule has 4 rings (SSSR count). The number of phenolic OH excluding ortho intramolecular Hbond substituents is 2. The molecule has 2 aromatic carbocycles. The van der Waals surface area contributed by atoms with E-state index in [1.54, 1.807) is 31.2 Å². The van der Waals surface area contributed by atoms with Crippen molar-refractivity contribution in [1.29, 1.82) is 0 Å². The van der Waals surface area contributed by atoms with E-state index in [4.69, 9.17) is 0 Å². The average Bonchev–Trinajstić information content (AvgIpc) is 2.74. The van der Waals surface area contributed by atoms with Crippen molar-refractivity contribution in [2.45, 2.75) is 71.1 Å². The molecule has 1 saturated carbocycles. The first-order chi connectivity index (χ1) is 14.4. The first-order valence-corrected chi connectivity index (χ1v) is 11.2. The number of ketones is 2. The van der Waals surface area contributed by atoms with Gasteiger partial charge in [-0.3, -0.25) is 9.59 Å². The van der Waals surface area contributed by atoms with Crippen LogP contribution in [0.3, 0.4) is 0 Å². The lowest BCUT2D eigenvalue weighted by Crippen LogP contribution is -2.22. The number of hydrogen-bond donors (Lipinski definition) is 2. The van der Waals surface area contributed by atoms with E-state index >= 15 is 0 Å². The molecule has 0 saturated heterocycles. The van der Waals surface area contributed by atoms with Crippen molar-refractivity contribution in [3.05, 3.63) is 57.6 Å². The van der Waals surface area contributed by atoms with Crippen LogP contribution in [0.4, 0.5) is 0 Å². The molecule has 0 atom stereocenters. The van der Waals surface area contributed by atoms with Crippen molar-refractivity contribution in [2.24, 2.45) is 5.92 Å². The quantitative estimate of drug-likeness (QED) is 0.507. The molecule has 0 aromatic heterocycles. The smallest absolute Gasteiger partial charge is 0.198 e. The zero-order valence-corrected chi connectivity index (χ0v) is 17.8. The number of hydrogen-bond acceptors (Lipinski definition) is 4. The fourth-order valence-corrected chi connectivity index (χ4v) is 5.18. The minimum Gasteiger partial charge on any atom is -0.507 e. The molecule has 2 aliphatic carbocycles. The van der Waals surface area contributed by atoms with Gasteiger partial charge in [0.2, 0.25) is 0 Å². The maximum atomic E-state index is 13.1. The predicted molar refractivity (Wildman–Crippen MR) is 117 cm³/mol. The molecule has 2 N–H and O–H groups in total. The van der Waals surface area contributed by atoms with Gasteiger partial charge in [0.05, 0.1) is 11.1 Å². The summed E-state index contributed by atoms with van der Waals surface area (Å²) in [6.45, 7) is 3.92. The summed E-state index contributed by atoms with van der Waals surface area (Å²) in [7, 11) is 0. The molecule has 0 aliphatic heterocycles. The Hall–Kier alpha value is -2.62. The first kappa shape index (κ1) is 20.6. The maximum absolute atomic E-state index is 13.1. The summed E-state index contributed by atoms with van der Waals surface area (Å²) in [4.78, 5) is 26.2. The Bertz CT molecular complexity index is 997. The van der Waals surface area contributed by atoms with E-state index < -0.39 is 5.78 Å². The minimum absolute atomic E-state index is 0.0484. The molecule has 0 heterocycles. The Balaban J connectivity index is 1.61. The van der Waals surface area contributed by atoms with Crippen LogP contribution in [-0.4, -0.2) is 21.8 Å². The van der Waals surface area contributed by atoms with Gasteiger partial charge in [0.1, 0.15) is 11.5 Å². The topological polar surface area (TPSA) is 74.6 Å². The second-order valence-electron chi connectivity index (χ2n) is 8.95. The Morgan fingerprint density at radius 1 is 0.833 bits per heavy atom. The second-order valence-corrected chi connectivity index (χ2v) is 8.95. The number of rotatable bonds is 5. The van der Waals surface area contributed by atoms with Gasteiger partial charge in [-0.25, -0.2) is 0 Å². The number of carbonyl (C=O) groups is 2. The van der Waals surface area contributed by atoms with E-state index in [0.717, 1.165) is 37.2 Å². The molecular weight excluding hydrogens is 376 g/mol. The number of aromatic hydroxyl groups is 2. The average molecular weight is 407 g/mol. The third kappa shape index (κ3) is 3.42. The second kappa shape index (κ2) is 8.25. The number of unbranched alkanes of at least 4 members (excludes halogenated alkanes) is 2. The number of fused-ring (bicyclic) bond motifs is 2. The summed E-state index contributed by atoms with van der Waals surface area (Å²) in [6.07, 6.45) is 9.40. The van der Waals surface area contributed by atoms with Crippen molar-refractivity contribution in [3.8, 4) is 11.5 Å². The fraction of sp³-hybridized carbons (Fsp3) is 0.462. The Kier molecular flexibility index (Phi) is 5.68. The van der Waals surface area contributed by atoms with Gasteiger partial charge in [-0.15, -0.1) is 0 Å². The largest absolute Gasteiger partial charge is 0.507 e. The summed E-state index contributed by atoms with van der Waals surface area (Å²) in [5.74, 6) is -0.0143. The molecule has 0 bridgehead atoms. The van der Waals surface area contributed by atoms with Gasteiger partial charge < -0.3 is 10.2 Å². The highest BCUT2D eigenvalue weighted by Gasteiger charge is 2.36. The van der Waals surface area contributed by atoms with E-state index in [2.05, 4.69) is 6.92 Å². The molecule has 2 aromatic rings. The SMILES string of the molecule is CCCCC[C@H]1CC[C@H](c2ccc3c(c2O)C(=O)c2ccc(C)c(O)c2C3=O)CC1. The number of phenols is 2. The van der Waals surface area contributed by atoms with Crippen molar-refractivity contribution >= 4 is 11.6 Å². The van der Waals surface area contributed by atoms with Gasteiger partial charge >= 0.3 is 0 Å². The van der Waals surface area contributed by atoms with E-state index in [-0.39, 0.29) is 45.5 Å². The van der Waals surface area contributed by atoms with Crippen molar-refractivity contribution in [1.82, 2.24) is 0 Å². The van der Waals surface area contributed by atoms with Crippen LogP contribution in [0.2, 0.25) is 0 Å². The van der Waals surface area contributed by atoms with Gasteiger partial charge in [-0.1, -0.05) is 44.7 Å². The molecule has 0 unspecified atom stereocenters. The molecule has 158 valence electrons. The highest BCUT2D eigenvalue weighted by atomic mass is 16.3. The highest BCUT2D eigenvalue weighted by molar-refractivity contribution is 6.30. The van der Waals surface area contributed by atoms with Crippen LogP contribution in [0.25, 0.3) is 0 Å². The summed E-state index contributed by atoms with van der Waals surface area (Å²) in [6, 6.07) is 6.66. The monoisotopic (exact) mass is 406 g/mol. The normalized spacial score (nSPS) is 20.7. The van der Waals surface area contributed by atoms with Gasteiger partial charge in [-0.05, 0) is 67.7 Å². The molecule has 30 heavy (non-hydrogen) atoms. The fourth-order valence-electron chi connectivity index (χ4n) is 5.18. The molecule has 4 nitrogen and oxygen atoms in total. The van der Waals surface area contributed by atoms with Crippen molar-refractivity contribution < 1.29 is 19.8 Å². The Morgan fingerprint density at radius 3 is 2.07 bits per heavy atom. The molecule has 2 aliphatic rings. The third-order valence-corrected chi connectivity index (χ3v) is 7.03. The standard InChI is InChI=1S/C26H30O4/c1-3-4-5-6-16-8-10-17(11-9-16)18-13-14-20-22(24(18)28)26(30)19-12-7-15(2)23(27)21(19)25(20)29/h7,12-14,16-17,27-28H,3-6,8-11H2,1-2H3/t16-,17-. The minimum atomic E-state index is -0.401. The molecule has 0 spiro atoms. The summed E-state index contributed by atoms with van der Waals surface area (Å²) in [5, 5.41) is 21.4. The van der Waals surface area contributed by atoms with Crippen LogP contribution in [0, 0.1) is 12.8 Å². The zero-order chi connectivity index (χ0) is 21.4. The third-order valence-electron chi connectivity index (χ3n) is 7.03. The van der Waals surface area contributed by atoms with Gasteiger partial charge in [0.25, 0.3) is 0 Å². The van der Waals surface area contributed by atoms with E-state index in [1.807, 2.05) is 0 Å². The highest BCUT2D eigenvalue weighted by Crippen LogP contribution is 2.45.